The lowest BCUT2D eigenvalue weighted by atomic mass is 9.47. The molecule has 6 heteroatoms. The second-order valence-electron chi connectivity index (χ2n) is 13.1. The average molecular weight is 713 g/mol. The minimum absolute atomic E-state index is 0.141. The highest BCUT2D eigenvalue weighted by Gasteiger charge is 2.57. The third-order valence-corrected chi connectivity index (χ3v) is 10.2. The zero-order valence-electron chi connectivity index (χ0n) is 28.4. The van der Waals surface area contributed by atoms with Crippen LogP contribution in [0.15, 0.2) is 200 Å². The van der Waals surface area contributed by atoms with Crippen LogP contribution in [0.25, 0.3) is 0 Å². The largest absolute Gasteiger partial charge is 0.416 e. The molecule has 0 radical (unpaired) electrons. The summed E-state index contributed by atoms with van der Waals surface area (Å²) >= 11 is 0. The maximum atomic E-state index is 14.9. The highest BCUT2D eigenvalue weighted by atomic mass is 19.4. The third kappa shape index (κ3) is 6.43. The van der Waals surface area contributed by atoms with Crippen molar-refractivity contribution in [1.82, 2.24) is 0 Å². The van der Waals surface area contributed by atoms with Crippen molar-refractivity contribution in [2.24, 2.45) is 0 Å². The summed E-state index contributed by atoms with van der Waals surface area (Å²) in [6.07, 6.45) is -10.2. The van der Waals surface area contributed by atoms with Crippen LogP contribution in [0, 0.1) is 0 Å². The molecule has 7 rings (SSSR count). The van der Waals surface area contributed by atoms with Crippen LogP contribution in [0.2, 0.25) is 0 Å². The number of hydrogen-bond donors (Lipinski definition) is 0. The number of benzene rings is 7. The molecule has 0 saturated heterocycles. The Hall–Kier alpha value is -5.88. The second-order valence-corrected chi connectivity index (χ2v) is 13.1. The van der Waals surface area contributed by atoms with E-state index in [0.717, 1.165) is 28.8 Å². The van der Waals surface area contributed by atoms with Crippen molar-refractivity contribution in [3.8, 4) is 0 Å². The fourth-order valence-corrected chi connectivity index (χ4v) is 8.16. The van der Waals surface area contributed by atoms with Crippen LogP contribution >= 0.6 is 0 Å². The van der Waals surface area contributed by atoms with Crippen LogP contribution in [0.4, 0.5) is 26.3 Å². The Morgan fingerprint density at radius 3 is 0.755 bits per heavy atom. The highest BCUT2D eigenvalue weighted by molar-refractivity contribution is 5.64. The Kier molecular flexibility index (Phi) is 9.56. The quantitative estimate of drug-likeness (QED) is 0.103. The Morgan fingerprint density at radius 1 is 0.264 bits per heavy atom. The van der Waals surface area contributed by atoms with Crippen LogP contribution in [0.3, 0.4) is 0 Å². The van der Waals surface area contributed by atoms with Gasteiger partial charge in [0, 0.05) is 5.92 Å². The van der Waals surface area contributed by atoms with Crippen molar-refractivity contribution < 1.29 is 26.3 Å². The molecule has 264 valence electrons. The van der Waals surface area contributed by atoms with Gasteiger partial charge in [0.2, 0.25) is 0 Å². The Morgan fingerprint density at radius 2 is 0.491 bits per heavy atom. The Balaban J connectivity index is 1.81. The van der Waals surface area contributed by atoms with Crippen molar-refractivity contribution in [2.45, 2.75) is 29.1 Å². The molecule has 0 spiro atoms. The molecular formula is C47H34F6. The van der Waals surface area contributed by atoms with E-state index in [1.807, 2.05) is 146 Å². The highest BCUT2D eigenvalue weighted by Crippen LogP contribution is 2.62. The molecular weight excluding hydrogens is 679 g/mol. The fourth-order valence-electron chi connectivity index (χ4n) is 8.16. The van der Waals surface area contributed by atoms with E-state index in [1.54, 1.807) is 36.4 Å². The van der Waals surface area contributed by atoms with Gasteiger partial charge in [-0.2, -0.15) is 26.3 Å². The second kappa shape index (κ2) is 14.3. The summed E-state index contributed by atoms with van der Waals surface area (Å²) in [6, 6.07) is 58.5. The summed E-state index contributed by atoms with van der Waals surface area (Å²) in [6.45, 7) is 0. The molecule has 0 bridgehead atoms. The van der Waals surface area contributed by atoms with Crippen LogP contribution in [0.1, 0.15) is 56.0 Å². The molecule has 1 unspecified atom stereocenters. The lowest BCUT2D eigenvalue weighted by Crippen LogP contribution is -2.49. The molecule has 0 aliphatic heterocycles. The van der Waals surface area contributed by atoms with E-state index in [4.69, 9.17) is 0 Å². The van der Waals surface area contributed by atoms with E-state index < -0.39 is 40.2 Å². The molecule has 7 aromatic carbocycles. The van der Waals surface area contributed by atoms with Gasteiger partial charge >= 0.3 is 12.4 Å². The summed E-state index contributed by atoms with van der Waals surface area (Å²) in [5, 5.41) is 0. The van der Waals surface area contributed by atoms with Crippen molar-refractivity contribution in [3.05, 3.63) is 250 Å². The molecule has 0 N–H and O–H groups in total. The lowest BCUT2D eigenvalue weighted by Gasteiger charge is -2.53. The van der Waals surface area contributed by atoms with Crippen LogP contribution in [0.5, 0.6) is 0 Å². The summed E-state index contributed by atoms with van der Waals surface area (Å²) in [7, 11) is 0. The molecule has 0 nitrogen and oxygen atoms in total. The number of halogens is 6. The molecule has 7 aromatic rings. The van der Waals surface area contributed by atoms with Gasteiger partial charge in [-0.25, -0.2) is 0 Å². The average Bonchev–Trinajstić information content (AvgIpc) is 3.19. The molecule has 0 fully saturated rings. The van der Waals surface area contributed by atoms with E-state index in [2.05, 4.69) is 0 Å². The van der Waals surface area contributed by atoms with Gasteiger partial charge in [-0.05, 0) is 57.1 Å². The summed E-state index contributed by atoms with van der Waals surface area (Å²) in [5.74, 6) is -0.905. The number of alkyl halides is 6. The molecule has 0 aliphatic rings. The van der Waals surface area contributed by atoms with Gasteiger partial charge in [-0.3, -0.25) is 0 Å². The SMILES string of the molecule is FC(F)(F)c1cc(C(F)(F)F)cc(C(c2ccccc2)(c2ccccc2)C(c2ccccc2)C(c2ccccc2)(c2ccccc2)c2ccccc2)c1. The standard InChI is InChI=1S/C47H34F6/c48-46(49,50)41-31-40(32-42(33-41)47(51,52)53)45(38-27-15-5-16-28-38,39-29-17-6-18-30-39)43(34-19-7-1-8-20-34)44(35-21-9-2-10-22-35,36-23-11-3-12-24-36)37-25-13-4-14-26-37/h1-33,43H. The molecule has 0 aliphatic carbocycles. The van der Waals surface area contributed by atoms with Crippen molar-refractivity contribution in [3.63, 3.8) is 0 Å². The third-order valence-electron chi connectivity index (χ3n) is 10.2. The maximum absolute atomic E-state index is 14.9. The van der Waals surface area contributed by atoms with Crippen molar-refractivity contribution in [1.29, 1.82) is 0 Å². The lowest BCUT2D eigenvalue weighted by molar-refractivity contribution is -0.143. The molecule has 1 atom stereocenters. The minimum atomic E-state index is -5.08. The molecule has 0 saturated carbocycles. The van der Waals surface area contributed by atoms with E-state index in [-0.39, 0.29) is 11.6 Å². The maximum Gasteiger partial charge on any atom is 0.416 e. The monoisotopic (exact) mass is 712 g/mol. The van der Waals surface area contributed by atoms with Crippen molar-refractivity contribution >= 4 is 0 Å². The first kappa shape index (κ1) is 35.5. The summed E-state index contributed by atoms with van der Waals surface area (Å²) < 4.78 is 89.5. The predicted molar refractivity (Wildman–Crippen MR) is 198 cm³/mol. The predicted octanol–water partition coefficient (Wildman–Crippen LogP) is 12.9. The normalized spacial score (nSPS) is 13.0. The fraction of sp³-hybridized carbons (Fsp3) is 0.106. The zero-order valence-corrected chi connectivity index (χ0v) is 28.4. The Bertz CT molecular complexity index is 2060. The Labute approximate surface area is 305 Å². The molecule has 0 amide bonds. The number of hydrogen-bond acceptors (Lipinski definition) is 0. The van der Waals surface area contributed by atoms with Crippen LogP contribution < -0.4 is 0 Å². The van der Waals surface area contributed by atoms with Crippen molar-refractivity contribution in [2.75, 3.05) is 0 Å². The summed E-state index contributed by atoms with van der Waals surface area (Å²) in [5.41, 5.74) is -1.61. The number of rotatable bonds is 9. The molecule has 53 heavy (non-hydrogen) atoms. The smallest absolute Gasteiger partial charge is 0.166 e. The topological polar surface area (TPSA) is 0 Å². The van der Waals surface area contributed by atoms with E-state index in [9.17, 15) is 26.3 Å². The van der Waals surface area contributed by atoms with Gasteiger partial charge in [-0.15, -0.1) is 0 Å². The van der Waals surface area contributed by atoms with E-state index >= 15 is 0 Å². The van der Waals surface area contributed by atoms with Gasteiger partial charge < -0.3 is 0 Å². The van der Waals surface area contributed by atoms with Gasteiger partial charge in [0.15, 0.2) is 0 Å². The van der Waals surface area contributed by atoms with Gasteiger partial charge in [0.25, 0.3) is 0 Å². The van der Waals surface area contributed by atoms with Gasteiger partial charge in [0.1, 0.15) is 0 Å². The van der Waals surface area contributed by atoms with Gasteiger partial charge in [-0.1, -0.05) is 182 Å². The summed E-state index contributed by atoms with van der Waals surface area (Å²) in [4.78, 5) is 0. The van der Waals surface area contributed by atoms with Gasteiger partial charge in [0.05, 0.1) is 22.0 Å². The van der Waals surface area contributed by atoms with E-state index in [1.165, 1.54) is 0 Å². The minimum Gasteiger partial charge on any atom is -0.166 e. The van der Waals surface area contributed by atoms with Crippen LogP contribution in [-0.4, -0.2) is 0 Å². The first-order valence-corrected chi connectivity index (χ1v) is 17.2. The first-order valence-electron chi connectivity index (χ1n) is 17.2. The molecule has 0 heterocycles. The first-order chi connectivity index (χ1) is 25.6. The molecule has 0 aromatic heterocycles. The van der Waals surface area contributed by atoms with E-state index in [0.29, 0.717) is 16.7 Å². The zero-order chi connectivity index (χ0) is 37.1. The van der Waals surface area contributed by atoms with Crippen LogP contribution in [-0.2, 0) is 23.2 Å².